The van der Waals surface area contributed by atoms with Crippen LogP contribution in [0.25, 0.3) is 0 Å². The fraction of sp³-hybridized carbons (Fsp3) is 0.471. The van der Waals surface area contributed by atoms with Gasteiger partial charge in [-0.25, -0.2) is 0 Å². The summed E-state index contributed by atoms with van der Waals surface area (Å²) < 4.78 is 1.87. The van der Waals surface area contributed by atoms with Crippen LogP contribution in [0.1, 0.15) is 22.7 Å². The molecule has 2 atom stereocenters. The molecule has 6 nitrogen and oxygen atoms in total. The summed E-state index contributed by atoms with van der Waals surface area (Å²) in [5.74, 6) is 0.319. The molecule has 1 aliphatic heterocycles. The number of aryl methyl sites for hydroxylation is 1. The Morgan fingerprint density at radius 1 is 1.43 bits per heavy atom. The Hall–Kier alpha value is -2.21. The SMILES string of the molecule is Cc1c([C@H]2CNC[C@@H]2C(=O)N(C)Cc2cccnc2)cnn1C. The number of hydrogen-bond donors (Lipinski definition) is 1. The van der Waals surface area contributed by atoms with Gasteiger partial charge >= 0.3 is 0 Å². The highest BCUT2D eigenvalue weighted by Gasteiger charge is 2.37. The van der Waals surface area contributed by atoms with E-state index in [-0.39, 0.29) is 17.7 Å². The second-order valence-corrected chi connectivity index (χ2v) is 6.24. The largest absolute Gasteiger partial charge is 0.341 e. The van der Waals surface area contributed by atoms with E-state index in [0.717, 1.165) is 24.3 Å². The van der Waals surface area contributed by atoms with E-state index in [1.165, 1.54) is 5.56 Å². The van der Waals surface area contributed by atoms with Gasteiger partial charge in [-0.3, -0.25) is 14.5 Å². The van der Waals surface area contributed by atoms with Crippen molar-refractivity contribution < 1.29 is 4.79 Å². The second-order valence-electron chi connectivity index (χ2n) is 6.24. The van der Waals surface area contributed by atoms with Crippen molar-refractivity contribution in [2.75, 3.05) is 20.1 Å². The first kappa shape index (κ1) is 15.7. The predicted octanol–water partition coefficient (Wildman–Crippen LogP) is 1.09. The number of carbonyl (C=O) groups excluding carboxylic acids is 1. The van der Waals surface area contributed by atoms with Crippen LogP contribution in [0, 0.1) is 12.8 Å². The quantitative estimate of drug-likeness (QED) is 0.918. The van der Waals surface area contributed by atoms with Crippen LogP contribution in [0.4, 0.5) is 0 Å². The van der Waals surface area contributed by atoms with E-state index in [4.69, 9.17) is 0 Å². The molecule has 1 amide bonds. The molecular weight excluding hydrogens is 290 g/mol. The van der Waals surface area contributed by atoms with Gasteiger partial charge in [-0.15, -0.1) is 0 Å². The Morgan fingerprint density at radius 3 is 2.91 bits per heavy atom. The van der Waals surface area contributed by atoms with Gasteiger partial charge in [0.2, 0.25) is 5.91 Å². The molecule has 1 saturated heterocycles. The van der Waals surface area contributed by atoms with Crippen LogP contribution in [0.3, 0.4) is 0 Å². The van der Waals surface area contributed by atoms with E-state index >= 15 is 0 Å². The number of amides is 1. The van der Waals surface area contributed by atoms with Gasteiger partial charge in [-0.05, 0) is 24.1 Å². The van der Waals surface area contributed by atoms with E-state index in [1.807, 2.05) is 37.1 Å². The van der Waals surface area contributed by atoms with Crippen LogP contribution in [0.15, 0.2) is 30.7 Å². The van der Waals surface area contributed by atoms with Crippen molar-refractivity contribution in [3.8, 4) is 0 Å². The van der Waals surface area contributed by atoms with Gasteiger partial charge in [0.1, 0.15) is 0 Å². The van der Waals surface area contributed by atoms with Gasteiger partial charge in [0, 0.05) is 57.7 Å². The smallest absolute Gasteiger partial charge is 0.227 e. The molecule has 0 saturated carbocycles. The summed E-state index contributed by atoms with van der Waals surface area (Å²) >= 11 is 0. The van der Waals surface area contributed by atoms with E-state index in [0.29, 0.717) is 6.54 Å². The Morgan fingerprint density at radius 2 is 2.26 bits per heavy atom. The van der Waals surface area contributed by atoms with Crippen molar-refractivity contribution in [2.24, 2.45) is 13.0 Å². The van der Waals surface area contributed by atoms with Crippen molar-refractivity contribution in [3.63, 3.8) is 0 Å². The minimum absolute atomic E-state index is 0.0421. The summed E-state index contributed by atoms with van der Waals surface area (Å²) in [6, 6.07) is 3.89. The first-order valence-corrected chi connectivity index (χ1v) is 7.91. The molecule has 23 heavy (non-hydrogen) atoms. The molecule has 0 radical (unpaired) electrons. The first-order valence-electron chi connectivity index (χ1n) is 7.91. The zero-order chi connectivity index (χ0) is 16.4. The molecule has 0 aromatic carbocycles. The topological polar surface area (TPSA) is 63.1 Å². The Kier molecular flexibility index (Phi) is 4.43. The molecule has 122 valence electrons. The average Bonchev–Trinajstić information content (AvgIpc) is 3.15. The number of hydrogen-bond acceptors (Lipinski definition) is 4. The molecular formula is C17H23N5O. The number of nitrogens with one attached hydrogen (secondary N) is 1. The highest BCUT2D eigenvalue weighted by Crippen LogP contribution is 2.31. The van der Waals surface area contributed by atoms with Crippen LogP contribution >= 0.6 is 0 Å². The summed E-state index contributed by atoms with van der Waals surface area (Å²) in [6.45, 7) is 4.18. The van der Waals surface area contributed by atoms with Gasteiger partial charge in [-0.2, -0.15) is 5.10 Å². The molecule has 1 aliphatic rings. The lowest BCUT2D eigenvalue weighted by molar-refractivity contribution is -0.134. The first-order chi connectivity index (χ1) is 11.1. The summed E-state index contributed by atoms with van der Waals surface area (Å²) in [5, 5.41) is 7.68. The Labute approximate surface area is 136 Å². The maximum atomic E-state index is 12.9. The predicted molar refractivity (Wildman–Crippen MR) is 87.8 cm³/mol. The molecule has 3 rings (SSSR count). The van der Waals surface area contributed by atoms with Crippen LogP contribution in [0.5, 0.6) is 0 Å². The Balaban J connectivity index is 1.74. The molecule has 0 spiro atoms. The lowest BCUT2D eigenvalue weighted by Crippen LogP contribution is -2.35. The number of rotatable bonds is 4. The fourth-order valence-corrected chi connectivity index (χ4v) is 3.27. The highest BCUT2D eigenvalue weighted by atomic mass is 16.2. The zero-order valence-electron chi connectivity index (χ0n) is 13.9. The molecule has 1 N–H and O–H groups in total. The highest BCUT2D eigenvalue weighted by molar-refractivity contribution is 5.80. The minimum Gasteiger partial charge on any atom is -0.341 e. The van der Waals surface area contributed by atoms with Gasteiger partial charge in [0.25, 0.3) is 0 Å². The van der Waals surface area contributed by atoms with Gasteiger partial charge < -0.3 is 10.2 Å². The normalized spacial score (nSPS) is 20.7. The molecule has 0 unspecified atom stereocenters. The monoisotopic (exact) mass is 313 g/mol. The number of aromatic nitrogens is 3. The van der Waals surface area contributed by atoms with Crippen molar-refractivity contribution in [1.82, 2.24) is 25.0 Å². The lowest BCUT2D eigenvalue weighted by Gasteiger charge is -2.24. The van der Waals surface area contributed by atoms with Crippen LogP contribution in [0.2, 0.25) is 0 Å². The van der Waals surface area contributed by atoms with Crippen molar-refractivity contribution >= 4 is 5.91 Å². The molecule has 6 heteroatoms. The Bertz CT molecular complexity index is 682. The molecule has 2 aromatic rings. The summed E-state index contributed by atoms with van der Waals surface area (Å²) in [7, 11) is 3.80. The summed E-state index contributed by atoms with van der Waals surface area (Å²) in [5.41, 5.74) is 3.35. The van der Waals surface area contributed by atoms with Crippen LogP contribution in [-0.2, 0) is 18.4 Å². The lowest BCUT2D eigenvalue weighted by atomic mass is 9.88. The van der Waals surface area contributed by atoms with Crippen molar-refractivity contribution in [3.05, 3.63) is 47.5 Å². The third kappa shape index (κ3) is 3.12. The molecule has 2 aromatic heterocycles. The molecule has 1 fully saturated rings. The maximum Gasteiger partial charge on any atom is 0.227 e. The molecule has 0 aliphatic carbocycles. The fourth-order valence-electron chi connectivity index (χ4n) is 3.27. The molecule has 0 bridgehead atoms. The average molecular weight is 313 g/mol. The van der Waals surface area contributed by atoms with Gasteiger partial charge in [0.05, 0.1) is 12.1 Å². The number of nitrogens with zero attached hydrogens (tertiary/aromatic N) is 4. The summed E-state index contributed by atoms with van der Waals surface area (Å²) in [4.78, 5) is 18.8. The maximum absolute atomic E-state index is 12.9. The van der Waals surface area contributed by atoms with Crippen LogP contribution in [-0.4, -0.2) is 45.7 Å². The van der Waals surface area contributed by atoms with Crippen molar-refractivity contribution in [2.45, 2.75) is 19.4 Å². The second kappa shape index (κ2) is 6.50. The van der Waals surface area contributed by atoms with Gasteiger partial charge in [-0.1, -0.05) is 6.07 Å². The number of pyridine rings is 1. The van der Waals surface area contributed by atoms with E-state index in [2.05, 4.69) is 22.3 Å². The van der Waals surface area contributed by atoms with Crippen LogP contribution < -0.4 is 5.32 Å². The van der Waals surface area contributed by atoms with E-state index < -0.39 is 0 Å². The minimum atomic E-state index is -0.0421. The van der Waals surface area contributed by atoms with E-state index in [1.54, 1.807) is 17.3 Å². The third-order valence-corrected chi connectivity index (χ3v) is 4.72. The van der Waals surface area contributed by atoms with Crippen molar-refractivity contribution in [1.29, 1.82) is 0 Å². The standard InChI is InChI=1S/C17H23N5O/c1-12-14(10-20-22(12)3)15-8-19-9-16(15)17(23)21(2)11-13-5-4-6-18-7-13/h4-7,10,15-16,19H,8-9,11H2,1-3H3/t15-,16+/m1/s1. The van der Waals surface area contributed by atoms with Gasteiger partial charge in [0.15, 0.2) is 0 Å². The summed E-state index contributed by atoms with van der Waals surface area (Å²) in [6.07, 6.45) is 5.45. The van der Waals surface area contributed by atoms with E-state index in [9.17, 15) is 4.79 Å². The molecule has 3 heterocycles. The zero-order valence-corrected chi connectivity index (χ0v) is 13.9. The number of carbonyl (C=O) groups is 1. The third-order valence-electron chi connectivity index (χ3n) is 4.72.